The van der Waals surface area contributed by atoms with E-state index in [2.05, 4.69) is 0 Å². The first-order chi connectivity index (χ1) is 16.0. The van der Waals surface area contributed by atoms with Gasteiger partial charge in [-0.1, -0.05) is 29.8 Å². The lowest BCUT2D eigenvalue weighted by atomic mass is 9.99. The van der Waals surface area contributed by atoms with Crippen LogP contribution in [0.1, 0.15) is 87.1 Å². The number of piperidine rings is 1. The van der Waals surface area contributed by atoms with Crippen LogP contribution in [-0.4, -0.2) is 35.2 Å². The number of esters is 1. The Morgan fingerprint density at radius 3 is 2.50 bits per heavy atom. The van der Waals surface area contributed by atoms with Crippen LogP contribution in [-0.2, 0) is 4.74 Å². The number of hydrogen-bond acceptors (Lipinski definition) is 4. The van der Waals surface area contributed by atoms with Crippen LogP contribution in [0.3, 0.4) is 0 Å². The van der Waals surface area contributed by atoms with Gasteiger partial charge in [-0.3, -0.25) is 4.90 Å². The van der Waals surface area contributed by atoms with Crippen molar-refractivity contribution in [1.29, 1.82) is 0 Å². The molecule has 3 atom stereocenters. The number of rotatable bonds is 6. The highest BCUT2D eigenvalue weighted by atomic mass is 35.5. The molecule has 2 aromatic carbocycles. The first kappa shape index (κ1) is 24.9. The molecule has 0 bridgehead atoms. The van der Waals surface area contributed by atoms with E-state index in [4.69, 9.17) is 21.1 Å². The van der Waals surface area contributed by atoms with Gasteiger partial charge in [-0.15, -0.1) is 0 Å². The second-order valence-corrected chi connectivity index (χ2v) is 10.8. The molecule has 0 spiro atoms. The van der Waals surface area contributed by atoms with Gasteiger partial charge in [0.1, 0.15) is 23.3 Å². The van der Waals surface area contributed by atoms with Crippen LogP contribution in [0.4, 0.5) is 8.78 Å². The largest absolute Gasteiger partial charge is 0.489 e. The van der Waals surface area contributed by atoms with Gasteiger partial charge >= 0.3 is 5.97 Å². The highest BCUT2D eigenvalue weighted by Gasteiger charge is 2.35. The Balaban J connectivity index is 1.54. The molecule has 2 aromatic rings. The van der Waals surface area contributed by atoms with Gasteiger partial charge in [0.25, 0.3) is 0 Å². The first-order valence-electron chi connectivity index (χ1n) is 11.9. The summed E-state index contributed by atoms with van der Waals surface area (Å²) in [5, 5.41) is 0.390. The zero-order chi connectivity index (χ0) is 24.6. The minimum absolute atomic E-state index is 0.0142. The van der Waals surface area contributed by atoms with Crippen molar-refractivity contribution in [1.82, 2.24) is 4.90 Å². The van der Waals surface area contributed by atoms with E-state index in [1.165, 1.54) is 6.07 Å². The van der Waals surface area contributed by atoms with E-state index in [0.29, 0.717) is 22.9 Å². The van der Waals surface area contributed by atoms with Gasteiger partial charge in [0.2, 0.25) is 0 Å². The van der Waals surface area contributed by atoms with E-state index in [-0.39, 0.29) is 23.6 Å². The lowest BCUT2D eigenvalue weighted by molar-refractivity contribution is -0.0224. The SMILES string of the molecule is C[C@@H]1CC[C@@H](Oc2cc(F)c(C(=O)OC(C)(C)C)cc2C2CC2)CN1C(F)c1ccccc1Cl. The smallest absolute Gasteiger partial charge is 0.341 e. The maximum Gasteiger partial charge on any atom is 0.341 e. The van der Waals surface area contributed by atoms with E-state index < -0.39 is 23.7 Å². The number of carbonyl (C=O) groups is 1. The molecule has 7 heteroatoms. The highest BCUT2D eigenvalue weighted by molar-refractivity contribution is 6.31. The van der Waals surface area contributed by atoms with Crippen molar-refractivity contribution in [3.05, 3.63) is 63.9 Å². The van der Waals surface area contributed by atoms with Crippen molar-refractivity contribution in [2.45, 2.75) is 83.3 Å². The van der Waals surface area contributed by atoms with Gasteiger partial charge in [-0.2, -0.15) is 0 Å². The molecule has 2 aliphatic rings. The fraction of sp³-hybridized carbons (Fsp3) is 0.519. The summed E-state index contributed by atoms with van der Waals surface area (Å²) >= 11 is 6.24. The van der Waals surface area contributed by atoms with Crippen LogP contribution in [0.25, 0.3) is 0 Å². The summed E-state index contributed by atoms with van der Waals surface area (Å²) in [5.74, 6) is -0.697. The maximum atomic E-state index is 15.5. The van der Waals surface area contributed by atoms with Gasteiger partial charge in [0, 0.05) is 29.2 Å². The van der Waals surface area contributed by atoms with Gasteiger partial charge in [-0.05, 0) is 77.0 Å². The average Bonchev–Trinajstić information content (AvgIpc) is 3.59. The Morgan fingerprint density at radius 1 is 1.15 bits per heavy atom. The molecule has 0 radical (unpaired) electrons. The molecule has 184 valence electrons. The Kier molecular flexibility index (Phi) is 7.20. The molecule has 0 amide bonds. The summed E-state index contributed by atoms with van der Waals surface area (Å²) in [5.41, 5.74) is 0.453. The zero-order valence-electron chi connectivity index (χ0n) is 20.1. The normalized spacial score (nSPS) is 22.3. The molecule has 1 heterocycles. The molecule has 1 aliphatic carbocycles. The molecular formula is C27H32ClF2NO3. The van der Waals surface area contributed by atoms with Gasteiger partial charge in [0.05, 0.1) is 5.56 Å². The molecule has 4 rings (SSSR count). The summed E-state index contributed by atoms with van der Waals surface area (Å²) in [4.78, 5) is 14.3. The minimum atomic E-state index is -1.36. The number of halogens is 3. The van der Waals surface area contributed by atoms with Crippen molar-refractivity contribution in [3.63, 3.8) is 0 Å². The lowest BCUT2D eigenvalue weighted by Crippen LogP contribution is -2.47. The number of carbonyl (C=O) groups excluding carboxylic acids is 1. The fourth-order valence-electron chi connectivity index (χ4n) is 4.41. The number of nitrogens with zero attached hydrogens (tertiary/aromatic N) is 1. The highest BCUT2D eigenvalue weighted by Crippen LogP contribution is 2.46. The monoisotopic (exact) mass is 491 g/mol. The quantitative estimate of drug-likeness (QED) is 0.316. The molecule has 1 saturated heterocycles. The molecule has 0 aromatic heterocycles. The molecule has 34 heavy (non-hydrogen) atoms. The zero-order valence-corrected chi connectivity index (χ0v) is 20.9. The van der Waals surface area contributed by atoms with E-state index in [9.17, 15) is 9.18 Å². The van der Waals surface area contributed by atoms with E-state index in [1.54, 1.807) is 56.0 Å². The molecule has 1 aliphatic heterocycles. The number of alkyl halides is 1. The van der Waals surface area contributed by atoms with E-state index in [1.807, 2.05) is 6.92 Å². The Labute approximate surface area is 205 Å². The topological polar surface area (TPSA) is 38.8 Å². The first-order valence-corrected chi connectivity index (χ1v) is 12.3. The van der Waals surface area contributed by atoms with Crippen LogP contribution in [0, 0.1) is 5.82 Å². The van der Waals surface area contributed by atoms with Crippen LogP contribution >= 0.6 is 11.6 Å². The molecular weight excluding hydrogens is 460 g/mol. The molecule has 2 fully saturated rings. The molecule has 4 nitrogen and oxygen atoms in total. The van der Waals surface area contributed by atoms with Crippen LogP contribution in [0.15, 0.2) is 36.4 Å². The third-order valence-electron chi connectivity index (χ3n) is 6.37. The fourth-order valence-corrected chi connectivity index (χ4v) is 4.64. The Morgan fingerprint density at radius 2 is 1.85 bits per heavy atom. The van der Waals surface area contributed by atoms with Crippen molar-refractivity contribution in [3.8, 4) is 5.75 Å². The third-order valence-corrected chi connectivity index (χ3v) is 6.71. The van der Waals surface area contributed by atoms with Crippen molar-refractivity contribution in [2.24, 2.45) is 0 Å². The standard InChI is InChI=1S/C27H32ClF2NO3/c1-16-9-12-18(15-31(16)25(30)19-7-5-6-8-22(19)28)33-24-14-23(29)21(13-20(24)17-10-11-17)26(32)34-27(2,3)4/h5-8,13-14,16-18,25H,9-12,15H2,1-4H3/t16-,18-,25?/m1/s1. The maximum absolute atomic E-state index is 15.5. The molecule has 1 saturated carbocycles. The predicted molar refractivity (Wildman–Crippen MR) is 129 cm³/mol. The van der Waals surface area contributed by atoms with Gasteiger partial charge < -0.3 is 9.47 Å². The summed E-state index contributed by atoms with van der Waals surface area (Å²) < 4.78 is 42.1. The van der Waals surface area contributed by atoms with Crippen LogP contribution in [0.2, 0.25) is 5.02 Å². The van der Waals surface area contributed by atoms with Crippen LogP contribution < -0.4 is 4.74 Å². The second kappa shape index (κ2) is 9.82. The Bertz CT molecular complexity index is 1050. The summed E-state index contributed by atoms with van der Waals surface area (Å²) in [6, 6.07) is 9.80. The average molecular weight is 492 g/mol. The minimum Gasteiger partial charge on any atom is -0.489 e. The van der Waals surface area contributed by atoms with Crippen molar-refractivity contribution >= 4 is 17.6 Å². The number of benzene rings is 2. The second-order valence-electron chi connectivity index (χ2n) is 10.4. The molecule has 0 N–H and O–H groups in total. The lowest BCUT2D eigenvalue weighted by Gasteiger charge is -2.40. The number of hydrogen-bond donors (Lipinski definition) is 0. The van der Waals surface area contributed by atoms with Crippen molar-refractivity contribution in [2.75, 3.05) is 6.54 Å². The van der Waals surface area contributed by atoms with Crippen LogP contribution in [0.5, 0.6) is 5.75 Å². The number of ether oxygens (including phenoxy) is 2. The van der Waals surface area contributed by atoms with Crippen molar-refractivity contribution < 1.29 is 23.0 Å². The predicted octanol–water partition coefficient (Wildman–Crippen LogP) is 7.21. The summed E-state index contributed by atoms with van der Waals surface area (Å²) in [6.45, 7) is 7.59. The third kappa shape index (κ3) is 5.72. The van der Waals surface area contributed by atoms with E-state index >= 15 is 4.39 Å². The Hall–Kier alpha value is -2.18. The summed E-state index contributed by atoms with van der Waals surface area (Å²) in [7, 11) is 0. The molecule has 1 unspecified atom stereocenters. The van der Waals surface area contributed by atoms with Gasteiger partial charge in [-0.25, -0.2) is 13.6 Å². The van der Waals surface area contributed by atoms with Gasteiger partial charge in [0.15, 0.2) is 6.30 Å². The summed E-state index contributed by atoms with van der Waals surface area (Å²) in [6.07, 6.45) is 1.73. The number of likely N-dealkylation sites (tertiary alicyclic amines) is 1. The van der Waals surface area contributed by atoms with E-state index in [0.717, 1.165) is 31.2 Å².